The zero-order chi connectivity index (χ0) is 10.1. The Kier molecular flexibility index (Phi) is 2.29. The fourth-order valence-corrected chi connectivity index (χ4v) is 1.86. The molecule has 1 aliphatic rings. The van der Waals surface area contributed by atoms with Gasteiger partial charge in [-0.15, -0.1) is 0 Å². The highest BCUT2D eigenvalue weighted by molar-refractivity contribution is 5.43. The van der Waals surface area contributed by atoms with E-state index < -0.39 is 11.6 Å². The molecule has 76 valence electrons. The Labute approximate surface area is 81.2 Å². The van der Waals surface area contributed by atoms with E-state index in [2.05, 4.69) is 5.32 Å². The lowest BCUT2D eigenvalue weighted by Gasteiger charge is -2.12. The number of aromatic hydroxyl groups is 2. The molecule has 1 unspecified atom stereocenters. The molecule has 1 saturated heterocycles. The quantitative estimate of drug-likeness (QED) is 0.595. The van der Waals surface area contributed by atoms with Gasteiger partial charge in [0.2, 0.25) is 0 Å². The topological polar surface area (TPSA) is 52.5 Å². The molecule has 0 aromatic heterocycles. The van der Waals surface area contributed by atoms with Crippen molar-refractivity contribution in [1.29, 1.82) is 0 Å². The fraction of sp³-hybridized carbons (Fsp3) is 0.400. The van der Waals surface area contributed by atoms with Crippen LogP contribution >= 0.6 is 0 Å². The van der Waals surface area contributed by atoms with E-state index in [0.29, 0.717) is 6.54 Å². The monoisotopic (exact) mass is 197 g/mol. The van der Waals surface area contributed by atoms with E-state index in [0.717, 1.165) is 19.0 Å². The smallest absolute Gasteiger partial charge is 0.172 e. The first-order valence-corrected chi connectivity index (χ1v) is 4.61. The van der Waals surface area contributed by atoms with Crippen molar-refractivity contribution in [2.24, 2.45) is 0 Å². The maximum absolute atomic E-state index is 13.5. The first-order valence-electron chi connectivity index (χ1n) is 4.61. The summed E-state index contributed by atoms with van der Waals surface area (Å²) in [6.45, 7) is 1.47. The summed E-state index contributed by atoms with van der Waals surface area (Å²) in [5.41, 5.74) is 0.231. The molecule has 14 heavy (non-hydrogen) atoms. The van der Waals surface area contributed by atoms with Gasteiger partial charge in [-0.1, -0.05) is 0 Å². The maximum Gasteiger partial charge on any atom is 0.172 e. The van der Waals surface area contributed by atoms with Gasteiger partial charge in [0.05, 0.1) is 0 Å². The number of phenolic OH excluding ortho intramolecular Hbond substituents is 2. The normalized spacial score (nSPS) is 21.4. The number of benzene rings is 1. The van der Waals surface area contributed by atoms with Crippen molar-refractivity contribution < 1.29 is 14.6 Å². The highest BCUT2D eigenvalue weighted by atomic mass is 19.1. The number of hydrogen-bond acceptors (Lipinski definition) is 3. The summed E-state index contributed by atoms with van der Waals surface area (Å²) in [7, 11) is 0. The van der Waals surface area contributed by atoms with Crippen LogP contribution in [0.3, 0.4) is 0 Å². The average Bonchev–Trinajstić information content (AvgIpc) is 2.65. The van der Waals surface area contributed by atoms with E-state index in [9.17, 15) is 14.6 Å². The van der Waals surface area contributed by atoms with Gasteiger partial charge in [0.25, 0.3) is 0 Å². The van der Waals surface area contributed by atoms with Crippen LogP contribution < -0.4 is 5.32 Å². The summed E-state index contributed by atoms with van der Waals surface area (Å²) in [4.78, 5) is 0. The molecular weight excluding hydrogens is 185 g/mol. The number of hydrogen-bond donors (Lipinski definition) is 3. The van der Waals surface area contributed by atoms with Gasteiger partial charge in [-0.05, 0) is 25.1 Å². The predicted molar refractivity (Wildman–Crippen MR) is 50.0 cm³/mol. The molecule has 4 heteroatoms. The van der Waals surface area contributed by atoms with Gasteiger partial charge in [0.1, 0.15) is 5.75 Å². The van der Waals surface area contributed by atoms with Crippen LogP contribution in [0.4, 0.5) is 4.39 Å². The van der Waals surface area contributed by atoms with Crippen molar-refractivity contribution in [3.05, 3.63) is 23.5 Å². The first kappa shape index (κ1) is 9.27. The first-order chi connectivity index (χ1) is 6.70. The van der Waals surface area contributed by atoms with E-state index >= 15 is 0 Å². The molecule has 0 saturated carbocycles. The van der Waals surface area contributed by atoms with Gasteiger partial charge in [0.15, 0.2) is 11.6 Å². The molecule has 1 heterocycles. The van der Waals surface area contributed by atoms with Crippen molar-refractivity contribution >= 4 is 0 Å². The van der Waals surface area contributed by atoms with Crippen LogP contribution in [0.5, 0.6) is 11.5 Å². The molecular formula is C10H12FNO2. The van der Waals surface area contributed by atoms with E-state index in [4.69, 9.17) is 0 Å². The van der Waals surface area contributed by atoms with Crippen LogP contribution in [0.25, 0.3) is 0 Å². The average molecular weight is 197 g/mol. The number of nitrogens with one attached hydrogen (secondary N) is 1. The minimum absolute atomic E-state index is 0.0397. The van der Waals surface area contributed by atoms with Gasteiger partial charge in [0, 0.05) is 18.0 Å². The van der Waals surface area contributed by atoms with Crippen LogP contribution in [0, 0.1) is 5.82 Å². The van der Waals surface area contributed by atoms with Gasteiger partial charge in [-0.3, -0.25) is 0 Å². The lowest BCUT2D eigenvalue weighted by atomic mass is 9.96. The van der Waals surface area contributed by atoms with E-state index in [1.165, 1.54) is 6.07 Å². The molecule has 0 bridgehead atoms. The fourth-order valence-electron chi connectivity index (χ4n) is 1.86. The number of rotatable bonds is 1. The summed E-state index contributed by atoms with van der Waals surface area (Å²) in [5.74, 6) is -1.21. The predicted octanol–water partition coefficient (Wildman–Crippen LogP) is 1.31. The van der Waals surface area contributed by atoms with Crippen molar-refractivity contribution in [2.45, 2.75) is 12.3 Å². The Bertz CT molecular complexity index is 348. The molecule has 3 nitrogen and oxygen atoms in total. The molecule has 3 N–H and O–H groups in total. The second kappa shape index (κ2) is 3.46. The van der Waals surface area contributed by atoms with Crippen molar-refractivity contribution in [1.82, 2.24) is 5.32 Å². The summed E-state index contributed by atoms with van der Waals surface area (Å²) >= 11 is 0. The second-order valence-corrected chi connectivity index (χ2v) is 3.52. The third kappa shape index (κ3) is 1.42. The highest BCUT2D eigenvalue weighted by Crippen LogP contribution is 2.35. The highest BCUT2D eigenvalue weighted by Gasteiger charge is 2.24. The Morgan fingerprint density at radius 2 is 2.00 bits per heavy atom. The van der Waals surface area contributed by atoms with Crippen molar-refractivity contribution in [2.75, 3.05) is 13.1 Å². The van der Waals surface area contributed by atoms with Crippen LogP contribution in [-0.4, -0.2) is 23.3 Å². The molecule has 2 rings (SSSR count). The number of phenols is 2. The minimum atomic E-state index is -0.696. The lowest BCUT2D eigenvalue weighted by molar-refractivity contribution is 0.408. The molecule has 1 fully saturated rings. The van der Waals surface area contributed by atoms with Crippen molar-refractivity contribution in [3.63, 3.8) is 0 Å². The molecule has 0 amide bonds. The number of halogens is 1. The molecule has 1 aromatic rings. The summed E-state index contributed by atoms with van der Waals surface area (Å²) < 4.78 is 13.5. The van der Waals surface area contributed by atoms with Gasteiger partial charge >= 0.3 is 0 Å². The Balaban J connectivity index is 2.44. The molecule has 1 aliphatic heterocycles. The summed E-state index contributed by atoms with van der Waals surface area (Å²) in [6, 6.07) is 2.49. The van der Waals surface area contributed by atoms with E-state index in [-0.39, 0.29) is 17.2 Å². The second-order valence-electron chi connectivity index (χ2n) is 3.52. The van der Waals surface area contributed by atoms with Crippen LogP contribution in [-0.2, 0) is 0 Å². The zero-order valence-corrected chi connectivity index (χ0v) is 7.63. The van der Waals surface area contributed by atoms with Crippen molar-refractivity contribution in [3.8, 4) is 11.5 Å². The SMILES string of the molecule is Oc1ccc(O)c(C2CCNC2)c1F. The minimum Gasteiger partial charge on any atom is -0.508 e. The van der Waals surface area contributed by atoms with Crippen LogP contribution in [0.2, 0.25) is 0 Å². The third-order valence-corrected chi connectivity index (χ3v) is 2.60. The van der Waals surface area contributed by atoms with Crippen LogP contribution in [0.15, 0.2) is 12.1 Å². The molecule has 0 radical (unpaired) electrons. The third-order valence-electron chi connectivity index (χ3n) is 2.60. The zero-order valence-electron chi connectivity index (χ0n) is 7.63. The Hall–Kier alpha value is -1.29. The van der Waals surface area contributed by atoms with E-state index in [1.807, 2.05) is 0 Å². The Morgan fingerprint density at radius 3 is 2.64 bits per heavy atom. The summed E-state index contributed by atoms with van der Waals surface area (Å²) in [5, 5.41) is 21.8. The van der Waals surface area contributed by atoms with Crippen LogP contribution in [0.1, 0.15) is 17.9 Å². The molecule has 0 aliphatic carbocycles. The lowest BCUT2D eigenvalue weighted by Crippen LogP contribution is -2.09. The molecule has 1 atom stereocenters. The standard InChI is InChI=1S/C10H12FNO2/c11-10-8(14)2-1-7(13)9(10)6-3-4-12-5-6/h1-2,6,12-14H,3-5H2. The van der Waals surface area contributed by atoms with Gasteiger partial charge < -0.3 is 15.5 Å². The van der Waals surface area contributed by atoms with Gasteiger partial charge in [-0.2, -0.15) is 0 Å². The molecule has 1 aromatic carbocycles. The maximum atomic E-state index is 13.5. The van der Waals surface area contributed by atoms with Gasteiger partial charge in [-0.25, -0.2) is 4.39 Å². The summed E-state index contributed by atoms with van der Waals surface area (Å²) in [6.07, 6.45) is 0.786. The largest absolute Gasteiger partial charge is 0.508 e. The molecule has 0 spiro atoms. The Morgan fingerprint density at radius 1 is 1.29 bits per heavy atom. The van der Waals surface area contributed by atoms with E-state index in [1.54, 1.807) is 0 Å².